The molecule has 3 N–H and O–H groups in total. The van der Waals surface area contributed by atoms with Gasteiger partial charge < -0.3 is 15.8 Å². The lowest BCUT2D eigenvalue weighted by Crippen LogP contribution is -2.47. The van der Waals surface area contributed by atoms with E-state index in [1.54, 1.807) is 13.8 Å². The standard InChI is InChI=1S/C23H25F5N4O2/c1-4-8-22(3,29)12-30-21(33)19-17-9-13(2)10-18(32(17)31-20(19)23(26,27)28)34-11-14-15(24)6-5-7-16(14)25/h5-7,9-10H,4,8,11-12,29H2,1-3H3,(H,30,33). The fraction of sp³-hybridized carbons (Fsp3) is 0.391. The number of nitrogens with zero attached hydrogens (tertiary/aromatic N) is 2. The topological polar surface area (TPSA) is 81.6 Å². The highest BCUT2D eigenvalue weighted by atomic mass is 19.4. The van der Waals surface area contributed by atoms with E-state index in [1.165, 1.54) is 18.2 Å². The van der Waals surface area contributed by atoms with Crippen molar-refractivity contribution in [1.29, 1.82) is 0 Å². The molecule has 0 spiro atoms. The number of amides is 1. The summed E-state index contributed by atoms with van der Waals surface area (Å²) in [6.07, 6.45) is -3.66. The molecule has 3 rings (SSSR count). The first kappa shape index (κ1) is 25.4. The van der Waals surface area contributed by atoms with Crippen molar-refractivity contribution in [3.8, 4) is 5.88 Å². The van der Waals surface area contributed by atoms with Crippen LogP contribution in [0.5, 0.6) is 5.88 Å². The normalized spacial score (nSPS) is 13.7. The zero-order valence-corrected chi connectivity index (χ0v) is 18.9. The number of aryl methyl sites for hydroxylation is 1. The van der Waals surface area contributed by atoms with Crippen LogP contribution >= 0.6 is 0 Å². The highest BCUT2D eigenvalue weighted by Crippen LogP contribution is 2.35. The molecule has 11 heteroatoms. The molecule has 0 bridgehead atoms. The molecule has 0 radical (unpaired) electrons. The van der Waals surface area contributed by atoms with Crippen LogP contribution in [0.2, 0.25) is 0 Å². The maximum absolute atomic E-state index is 14.0. The first-order valence-electron chi connectivity index (χ1n) is 10.6. The summed E-state index contributed by atoms with van der Waals surface area (Å²) in [5, 5.41) is 6.04. The minimum Gasteiger partial charge on any atom is -0.473 e. The molecule has 0 aliphatic rings. The van der Waals surface area contributed by atoms with Gasteiger partial charge in [0.05, 0.1) is 16.6 Å². The third-order valence-corrected chi connectivity index (χ3v) is 5.24. The number of hydrogen-bond acceptors (Lipinski definition) is 4. The second kappa shape index (κ2) is 9.57. The van der Waals surface area contributed by atoms with Crippen LogP contribution in [0.15, 0.2) is 30.3 Å². The van der Waals surface area contributed by atoms with Crippen LogP contribution in [0.25, 0.3) is 5.52 Å². The molecule has 0 saturated carbocycles. The van der Waals surface area contributed by atoms with E-state index >= 15 is 0 Å². The van der Waals surface area contributed by atoms with E-state index in [0.29, 0.717) is 12.0 Å². The summed E-state index contributed by atoms with van der Waals surface area (Å²) in [6, 6.07) is 5.96. The highest BCUT2D eigenvalue weighted by Gasteiger charge is 2.41. The third-order valence-electron chi connectivity index (χ3n) is 5.24. The maximum Gasteiger partial charge on any atom is 0.436 e. The second-order valence-corrected chi connectivity index (χ2v) is 8.46. The molecule has 2 heterocycles. The van der Waals surface area contributed by atoms with E-state index in [0.717, 1.165) is 23.1 Å². The van der Waals surface area contributed by atoms with E-state index in [4.69, 9.17) is 10.5 Å². The van der Waals surface area contributed by atoms with Gasteiger partial charge >= 0.3 is 6.18 Å². The summed E-state index contributed by atoms with van der Waals surface area (Å²) in [6.45, 7) is 4.53. The molecule has 6 nitrogen and oxygen atoms in total. The van der Waals surface area contributed by atoms with E-state index in [-0.39, 0.29) is 17.9 Å². The smallest absolute Gasteiger partial charge is 0.436 e. The number of nitrogens with one attached hydrogen (secondary N) is 1. The largest absolute Gasteiger partial charge is 0.473 e. The number of fused-ring (bicyclic) bond motifs is 1. The number of nitrogens with two attached hydrogens (primary N) is 1. The summed E-state index contributed by atoms with van der Waals surface area (Å²) in [5.41, 5.74) is 3.08. The molecule has 0 aliphatic heterocycles. The number of alkyl halides is 3. The molecule has 0 saturated heterocycles. The maximum atomic E-state index is 14.0. The lowest BCUT2D eigenvalue weighted by Gasteiger charge is -2.24. The number of aromatic nitrogens is 2. The molecule has 0 fully saturated rings. The Morgan fingerprint density at radius 3 is 2.44 bits per heavy atom. The molecule has 3 aromatic rings. The Balaban J connectivity index is 2.04. The monoisotopic (exact) mass is 484 g/mol. The Morgan fingerprint density at radius 2 is 1.85 bits per heavy atom. The average Bonchev–Trinajstić information content (AvgIpc) is 3.11. The van der Waals surface area contributed by atoms with Crippen molar-refractivity contribution in [2.24, 2.45) is 5.73 Å². The number of pyridine rings is 1. The van der Waals surface area contributed by atoms with Gasteiger partial charge in [0.15, 0.2) is 5.69 Å². The highest BCUT2D eigenvalue weighted by molar-refractivity contribution is 6.02. The van der Waals surface area contributed by atoms with Gasteiger partial charge in [-0.05, 0) is 44.0 Å². The van der Waals surface area contributed by atoms with Gasteiger partial charge in [-0.1, -0.05) is 19.4 Å². The predicted molar refractivity (Wildman–Crippen MR) is 115 cm³/mol. The molecule has 184 valence electrons. The van der Waals surface area contributed by atoms with E-state index < -0.39 is 52.7 Å². The van der Waals surface area contributed by atoms with Crippen molar-refractivity contribution in [3.05, 3.63) is 64.4 Å². The van der Waals surface area contributed by atoms with Gasteiger partial charge in [-0.15, -0.1) is 0 Å². The number of carbonyl (C=O) groups is 1. The van der Waals surface area contributed by atoms with Gasteiger partial charge in [-0.3, -0.25) is 4.79 Å². The van der Waals surface area contributed by atoms with Gasteiger partial charge in [0.1, 0.15) is 18.2 Å². The predicted octanol–water partition coefficient (Wildman–Crippen LogP) is 4.77. The average molecular weight is 484 g/mol. The summed E-state index contributed by atoms with van der Waals surface area (Å²) in [7, 11) is 0. The molecule has 1 unspecified atom stereocenters. The van der Waals surface area contributed by atoms with Crippen molar-refractivity contribution in [1.82, 2.24) is 14.9 Å². The minimum absolute atomic E-state index is 0.0456. The number of hydrogen-bond donors (Lipinski definition) is 2. The third kappa shape index (κ3) is 5.46. The van der Waals surface area contributed by atoms with Gasteiger partial charge in [-0.25, -0.2) is 8.78 Å². The number of carbonyl (C=O) groups excluding carboxylic acids is 1. The molecule has 2 aromatic heterocycles. The quantitative estimate of drug-likeness (QED) is 0.452. The van der Waals surface area contributed by atoms with E-state index in [9.17, 15) is 26.7 Å². The van der Waals surface area contributed by atoms with Crippen LogP contribution in [0.3, 0.4) is 0 Å². The molecular weight excluding hydrogens is 459 g/mol. The van der Waals surface area contributed by atoms with Gasteiger partial charge in [0, 0.05) is 18.2 Å². The van der Waals surface area contributed by atoms with Crippen LogP contribution in [0.1, 0.15) is 53.9 Å². The zero-order valence-electron chi connectivity index (χ0n) is 18.9. The Bertz CT molecular complexity index is 1180. The molecule has 0 aliphatic carbocycles. The summed E-state index contributed by atoms with van der Waals surface area (Å²) in [5.74, 6) is -2.93. The zero-order chi connectivity index (χ0) is 25.3. The van der Waals surface area contributed by atoms with Crippen LogP contribution in [-0.2, 0) is 12.8 Å². The van der Waals surface area contributed by atoms with Crippen molar-refractivity contribution in [2.45, 2.75) is 51.9 Å². The van der Waals surface area contributed by atoms with Crippen molar-refractivity contribution in [2.75, 3.05) is 6.54 Å². The first-order chi connectivity index (χ1) is 15.8. The SMILES string of the molecule is CCCC(C)(N)CNC(=O)c1c(C(F)(F)F)nn2c(OCc3c(F)cccc3F)cc(C)cc12. The fourth-order valence-electron chi connectivity index (χ4n) is 3.62. The van der Waals surface area contributed by atoms with Crippen LogP contribution in [0.4, 0.5) is 22.0 Å². The number of halogens is 5. The summed E-state index contributed by atoms with van der Waals surface area (Å²) < 4.78 is 75.6. The minimum atomic E-state index is -4.95. The Labute approximate surface area is 192 Å². The summed E-state index contributed by atoms with van der Waals surface area (Å²) >= 11 is 0. The van der Waals surface area contributed by atoms with Crippen molar-refractivity contribution >= 4 is 11.4 Å². The lowest BCUT2D eigenvalue weighted by molar-refractivity contribution is -0.141. The molecule has 1 amide bonds. The van der Waals surface area contributed by atoms with Crippen LogP contribution in [-0.4, -0.2) is 27.6 Å². The second-order valence-electron chi connectivity index (χ2n) is 8.46. The van der Waals surface area contributed by atoms with Gasteiger partial charge in [0.25, 0.3) is 5.91 Å². The number of rotatable bonds is 8. The lowest BCUT2D eigenvalue weighted by atomic mass is 9.97. The van der Waals surface area contributed by atoms with Gasteiger partial charge in [0.2, 0.25) is 5.88 Å². The molecule has 1 atom stereocenters. The Kier molecular flexibility index (Phi) is 7.15. The fourth-order valence-corrected chi connectivity index (χ4v) is 3.62. The molecule has 1 aromatic carbocycles. The Hall–Kier alpha value is -3.21. The number of ether oxygens (including phenoxy) is 1. The molecule has 34 heavy (non-hydrogen) atoms. The van der Waals surface area contributed by atoms with E-state index in [2.05, 4.69) is 10.4 Å². The van der Waals surface area contributed by atoms with Crippen molar-refractivity contribution < 1.29 is 31.5 Å². The Morgan fingerprint density at radius 1 is 1.21 bits per heavy atom. The first-order valence-corrected chi connectivity index (χ1v) is 10.6. The van der Waals surface area contributed by atoms with Gasteiger partial charge in [-0.2, -0.15) is 22.8 Å². The number of benzene rings is 1. The summed E-state index contributed by atoms with van der Waals surface area (Å²) in [4.78, 5) is 12.9. The van der Waals surface area contributed by atoms with Crippen LogP contribution < -0.4 is 15.8 Å². The molecular formula is C23H25F5N4O2. The van der Waals surface area contributed by atoms with E-state index in [1.807, 2.05) is 6.92 Å². The van der Waals surface area contributed by atoms with Crippen molar-refractivity contribution in [3.63, 3.8) is 0 Å². The van der Waals surface area contributed by atoms with Crippen LogP contribution in [0, 0.1) is 18.6 Å².